The van der Waals surface area contributed by atoms with E-state index in [0.29, 0.717) is 10.9 Å². The molecule has 1 saturated heterocycles. The summed E-state index contributed by atoms with van der Waals surface area (Å²) in [6.07, 6.45) is 5.22. The van der Waals surface area contributed by atoms with Gasteiger partial charge in [0.05, 0.1) is 27.7 Å². The van der Waals surface area contributed by atoms with E-state index in [-0.39, 0.29) is 35.5 Å². The number of carbonyl (C=O) groups is 2. The molecule has 1 aliphatic heterocycles. The van der Waals surface area contributed by atoms with Crippen LogP contribution in [0.3, 0.4) is 0 Å². The third kappa shape index (κ3) is 2.23. The minimum atomic E-state index is -0.147. The SMILES string of the molecule is CC(C)Sc1nc2ccc(N3C(=O)[C@@H]4[C@@H](C3=O)[C@H]3C=C[C@@H]4C3)cc2s1. The Hall–Kier alpha value is -1.66. The standard InChI is InChI=1S/C19H18N2O2S2/c1-9(2)24-19-20-13-6-5-12(8-14(13)25-19)21-17(22)15-10-3-4-11(7-10)16(15)18(21)23/h3-6,8-11,15-16H,7H2,1-2H3/t10-,11+,15-,16-/m0/s1. The summed E-state index contributed by atoms with van der Waals surface area (Å²) in [5.74, 6) is 0.161. The first-order chi connectivity index (χ1) is 12.0. The predicted octanol–water partition coefficient (Wildman–Crippen LogP) is 4.11. The van der Waals surface area contributed by atoms with Gasteiger partial charge in [0.15, 0.2) is 4.34 Å². The summed E-state index contributed by atoms with van der Waals surface area (Å²) in [6, 6.07) is 5.73. The van der Waals surface area contributed by atoms with E-state index in [0.717, 1.165) is 21.0 Å². The maximum absolute atomic E-state index is 12.9. The van der Waals surface area contributed by atoms with Gasteiger partial charge in [-0.1, -0.05) is 37.8 Å². The third-order valence-corrected chi connectivity index (χ3v) is 7.53. The number of anilines is 1. The number of nitrogens with zero attached hydrogens (tertiary/aromatic N) is 2. The van der Waals surface area contributed by atoms with Crippen LogP contribution in [0.2, 0.25) is 0 Å². The van der Waals surface area contributed by atoms with Gasteiger partial charge in [-0.25, -0.2) is 9.88 Å². The van der Waals surface area contributed by atoms with Crippen LogP contribution in [0.4, 0.5) is 5.69 Å². The van der Waals surface area contributed by atoms with Gasteiger partial charge in [0, 0.05) is 5.25 Å². The molecular weight excluding hydrogens is 352 g/mol. The first kappa shape index (κ1) is 15.6. The van der Waals surface area contributed by atoms with Crippen LogP contribution >= 0.6 is 23.1 Å². The zero-order chi connectivity index (χ0) is 17.3. The molecule has 0 unspecified atom stereocenters. The van der Waals surface area contributed by atoms with E-state index in [1.807, 2.05) is 18.2 Å². The van der Waals surface area contributed by atoms with E-state index in [2.05, 4.69) is 31.0 Å². The van der Waals surface area contributed by atoms with Crippen molar-refractivity contribution in [2.24, 2.45) is 23.7 Å². The fourth-order valence-electron chi connectivity index (χ4n) is 4.44. The topological polar surface area (TPSA) is 50.3 Å². The molecule has 5 rings (SSSR count). The van der Waals surface area contributed by atoms with Crippen LogP contribution in [-0.4, -0.2) is 22.0 Å². The molecule has 6 heteroatoms. The summed E-state index contributed by atoms with van der Waals surface area (Å²) >= 11 is 3.36. The fourth-order valence-corrected chi connectivity index (χ4v) is 6.76. The van der Waals surface area contributed by atoms with Crippen LogP contribution in [0.5, 0.6) is 0 Å². The van der Waals surface area contributed by atoms with Crippen molar-refractivity contribution in [2.75, 3.05) is 4.90 Å². The highest BCUT2D eigenvalue weighted by Crippen LogP contribution is 2.53. The average molecular weight is 370 g/mol. The fraction of sp³-hybridized carbons (Fsp3) is 0.421. The number of benzene rings is 1. The van der Waals surface area contributed by atoms with Gasteiger partial charge in [-0.2, -0.15) is 0 Å². The summed E-state index contributed by atoms with van der Waals surface area (Å²) in [4.78, 5) is 31.9. The minimum absolute atomic E-state index is 0.0208. The van der Waals surface area contributed by atoms with Crippen molar-refractivity contribution in [1.82, 2.24) is 4.98 Å². The molecule has 128 valence electrons. The van der Waals surface area contributed by atoms with Crippen LogP contribution in [-0.2, 0) is 9.59 Å². The number of thioether (sulfide) groups is 1. The maximum Gasteiger partial charge on any atom is 0.238 e. The quantitative estimate of drug-likeness (QED) is 0.463. The molecule has 1 aromatic carbocycles. The van der Waals surface area contributed by atoms with Crippen molar-refractivity contribution in [3.05, 3.63) is 30.4 Å². The number of aromatic nitrogens is 1. The molecule has 25 heavy (non-hydrogen) atoms. The van der Waals surface area contributed by atoms with E-state index < -0.39 is 0 Å². The molecule has 0 N–H and O–H groups in total. The van der Waals surface area contributed by atoms with Crippen molar-refractivity contribution in [3.63, 3.8) is 0 Å². The van der Waals surface area contributed by atoms with Gasteiger partial charge >= 0.3 is 0 Å². The van der Waals surface area contributed by atoms with Crippen LogP contribution in [0.15, 0.2) is 34.7 Å². The van der Waals surface area contributed by atoms with Crippen molar-refractivity contribution in [1.29, 1.82) is 0 Å². The van der Waals surface area contributed by atoms with Crippen LogP contribution < -0.4 is 4.90 Å². The summed E-state index contributed by atoms with van der Waals surface area (Å²) < 4.78 is 2.06. The zero-order valence-corrected chi connectivity index (χ0v) is 15.6. The van der Waals surface area contributed by atoms with Crippen molar-refractivity contribution < 1.29 is 9.59 Å². The highest BCUT2D eigenvalue weighted by molar-refractivity contribution is 8.01. The number of hydrogen-bond donors (Lipinski definition) is 0. The Labute approximate surface area is 154 Å². The molecule has 2 amide bonds. The Morgan fingerprint density at radius 3 is 2.48 bits per heavy atom. The second-order valence-electron chi connectivity index (χ2n) is 7.31. The van der Waals surface area contributed by atoms with Crippen molar-refractivity contribution >= 4 is 50.8 Å². The first-order valence-electron chi connectivity index (χ1n) is 8.66. The lowest BCUT2D eigenvalue weighted by Gasteiger charge is -2.17. The molecule has 1 saturated carbocycles. The van der Waals surface area contributed by atoms with E-state index in [1.54, 1.807) is 23.1 Å². The molecule has 0 radical (unpaired) electrons. The number of imide groups is 1. The normalized spacial score (nSPS) is 30.3. The van der Waals surface area contributed by atoms with Crippen molar-refractivity contribution in [3.8, 4) is 0 Å². The van der Waals surface area contributed by atoms with Gasteiger partial charge in [-0.3, -0.25) is 9.59 Å². The van der Waals surface area contributed by atoms with Crippen LogP contribution in [0.25, 0.3) is 10.2 Å². The number of fused-ring (bicyclic) bond motifs is 6. The monoisotopic (exact) mass is 370 g/mol. The van der Waals surface area contributed by atoms with E-state index in [1.165, 1.54) is 4.90 Å². The molecule has 2 aliphatic carbocycles. The second kappa shape index (κ2) is 5.42. The summed E-state index contributed by atoms with van der Waals surface area (Å²) in [5.41, 5.74) is 1.62. The minimum Gasteiger partial charge on any atom is -0.274 e. The number of carbonyl (C=O) groups excluding carboxylic acids is 2. The molecule has 2 aromatic rings. The number of rotatable bonds is 3. The lowest BCUT2D eigenvalue weighted by Crippen LogP contribution is -2.32. The Morgan fingerprint density at radius 2 is 1.84 bits per heavy atom. The van der Waals surface area contributed by atoms with E-state index in [4.69, 9.17) is 0 Å². The Morgan fingerprint density at radius 1 is 1.16 bits per heavy atom. The summed E-state index contributed by atoms with van der Waals surface area (Å²) in [7, 11) is 0. The Bertz CT molecular complexity index is 903. The molecule has 4 nitrogen and oxygen atoms in total. The summed E-state index contributed by atoms with van der Waals surface area (Å²) in [5, 5.41) is 0.476. The Balaban J connectivity index is 1.51. The molecule has 1 aromatic heterocycles. The number of allylic oxidation sites excluding steroid dienone is 2. The predicted molar refractivity (Wildman–Crippen MR) is 101 cm³/mol. The van der Waals surface area contributed by atoms with Gasteiger partial charge < -0.3 is 0 Å². The van der Waals surface area contributed by atoms with Crippen molar-refractivity contribution in [2.45, 2.75) is 29.9 Å². The van der Waals surface area contributed by atoms with Gasteiger partial charge in [0.1, 0.15) is 0 Å². The Kier molecular flexibility index (Phi) is 3.38. The highest BCUT2D eigenvalue weighted by atomic mass is 32.2. The zero-order valence-electron chi connectivity index (χ0n) is 14.0. The lowest BCUT2D eigenvalue weighted by molar-refractivity contribution is -0.123. The van der Waals surface area contributed by atoms with Gasteiger partial charge in [-0.05, 0) is 36.5 Å². The lowest BCUT2D eigenvalue weighted by atomic mass is 9.85. The molecule has 2 fully saturated rings. The smallest absolute Gasteiger partial charge is 0.238 e. The first-order valence-corrected chi connectivity index (χ1v) is 10.4. The number of hydrogen-bond acceptors (Lipinski definition) is 5. The molecule has 3 aliphatic rings. The largest absolute Gasteiger partial charge is 0.274 e. The molecule has 2 bridgehead atoms. The average Bonchev–Trinajstić information content (AvgIpc) is 3.29. The number of thiazole rings is 1. The highest BCUT2D eigenvalue weighted by Gasteiger charge is 2.59. The maximum atomic E-state index is 12.9. The van der Waals surface area contributed by atoms with E-state index in [9.17, 15) is 9.59 Å². The molecule has 0 spiro atoms. The molecule has 2 heterocycles. The van der Waals surface area contributed by atoms with Gasteiger partial charge in [0.25, 0.3) is 0 Å². The second-order valence-corrected chi connectivity index (χ2v) is 10.2. The summed E-state index contributed by atoms with van der Waals surface area (Å²) in [6.45, 7) is 4.29. The van der Waals surface area contributed by atoms with Gasteiger partial charge in [0.2, 0.25) is 11.8 Å². The number of amides is 2. The third-order valence-electron chi connectivity index (χ3n) is 5.42. The van der Waals surface area contributed by atoms with Crippen LogP contribution in [0.1, 0.15) is 20.3 Å². The molecule has 4 atom stereocenters. The molecular formula is C19H18N2O2S2. The van der Waals surface area contributed by atoms with Gasteiger partial charge in [-0.15, -0.1) is 11.3 Å². The van der Waals surface area contributed by atoms with Crippen LogP contribution in [0, 0.1) is 23.7 Å². The van der Waals surface area contributed by atoms with E-state index >= 15 is 0 Å².